The molecule has 0 spiro atoms. The van der Waals surface area contributed by atoms with Crippen LogP contribution in [0.3, 0.4) is 0 Å². The number of nitrogens with zero attached hydrogens (tertiary/aromatic N) is 4. The fourth-order valence-electron chi connectivity index (χ4n) is 2.45. The summed E-state index contributed by atoms with van der Waals surface area (Å²) in [5, 5.41) is 19.0. The second-order valence-corrected chi connectivity index (χ2v) is 10.5. The summed E-state index contributed by atoms with van der Waals surface area (Å²) < 4.78 is 16.6. The van der Waals surface area contributed by atoms with Gasteiger partial charge in [-0.1, -0.05) is 34.3 Å². The van der Waals surface area contributed by atoms with Gasteiger partial charge in [-0.2, -0.15) is 4.98 Å². The Kier molecular flexibility index (Phi) is 7.24. The third kappa shape index (κ3) is 6.82. The van der Waals surface area contributed by atoms with Gasteiger partial charge in [0.2, 0.25) is 11.0 Å². The molecule has 0 atom stereocenters. The van der Waals surface area contributed by atoms with Crippen LogP contribution in [0.15, 0.2) is 33.1 Å². The lowest BCUT2D eigenvalue weighted by Crippen LogP contribution is -2.44. The van der Waals surface area contributed by atoms with Crippen molar-refractivity contribution in [2.45, 2.75) is 55.9 Å². The highest BCUT2D eigenvalue weighted by atomic mass is 32.2. The predicted octanol–water partition coefficient (Wildman–Crippen LogP) is 4.73. The predicted molar refractivity (Wildman–Crippen MR) is 122 cm³/mol. The van der Waals surface area contributed by atoms with Crippen LogP contribution in [0.5, 0.6) is 5.75 Å². The first kappa shape index (κ1) is 23.8. The maximum absolute atomic E-state index is 12.1. The summed E-state index contributed by atoms with van der Waals surface area (Å²) in [6.45, 7) is 8.96. The van der Waals surface area contributed by atoms with Crippen molar-refractivity contribution in [1.82, 2.24) is 25.7 Å². The maximum atomic E-state index is 12.1. The molecule has 3 aromatic rings. The first-order chi connectivity index (χ1) is 15.0. The molecule has 0 aliphatic carbocycles. The molecule has 2 N–H and O–H groups in total. The highest BCUT2D eigenvalue weighted by molar-refractivity contribution is 8.00. The van der Waals surface area contributed by atoms with Crippen molar-refractivity contribution in [2.75, 3.05) is 12.4 Å². The molecule has 32 heavy (non-hydrogen) atoms. The molecule has 3 rings (SSSR count). The number of hydrogen-bond donors (Lipinski definition) is 2. The number of amides is 1. The van der Waals surface area contributed by atoms with E-state index in [1.54, 1.807) is 41.7 Å². The van der Waals surface area contributed by atoms with E-state index < -0.39 is 17.2 Å². The Hall–Kier alpha value is -2.86. The van der Waals surface area contributed by atoms with E-state index in [1.165, 1.54) is 23.1 Å². The number of alkyl carbamates (subject to hydrolysis) is 1. The molecule has 10 nitrogen and oxygen atoms in total. The van der Waals surface area contributed by atoms with E-state index in [9.17, 15) is 4.79 Å². The van der Waals surface area contributed by atoms with Crippen LogP contribution in [0.1, 0.15) is 46.3 Å². The van der Waals surface area contributed by atoms with Crippen molar-refractivity contribution in [2.24, 2.45) is 0 Å². The lowest BCUT2D eigenvalue weighted by molar-refractivity contribution is 0.0465. The number of benzene rings is 1. The SMILES string of the molecule is COc1cccc(Nc2nnc(SCc3nc(C(C)(C)NC(=O)OC(C)(C)C)no3)s2)c1. The van der Waals surface area contributed by atoms with Gasteiger partial charge in [0.15, 0.2) is 10.2 Å². The summed E-state index contributed by atoms with van der Waals surface area (Å²) >= 11 is 2.84. The zero-order valence-electron chi connectivity index (χ0n) is 18.8. The summed E-state index contributed by atoms with van der Waals surface area (Å²) in [4.78, 5) is 16.5. The Bertz CT molecular complexity index is 1060. The molecule has 1 aromatic carbocycles. The van der Waals surface area contributed by atoms with Crippen LogP contribution < -0.4 is 15.4 Å². The van der Waals surface area contributed by atoms with E-state index in [2.05, 4.69) is 31.0 Å². The second-order valence-electron chi connectivity index (χ2n) is 8.28. The van der Waals surface area contributed by atoms with E-state index in [0.717, 1.165) is 15.8 Å². The topological polar surface area (TPSA) is 124 Å². The molecule has 0 fully saturated rings. The summed E-state index contributed by atoms with van der Waals surface area (Å²) in [7, 11) is 1.62. The van der Waals surface area contributed by atoms with Crippen molar-refractivity contribution in [3.8, 4) is 5.75 Å². The molecule has 0 bridgehead atoms. The number of aromatic nitrogens is 4. The average molecular weight is 479 g/mol. The number of rotatable bonds is 8. The molecule has 0 radical (unpaired) electrons. The summed E-state index contributed by atoms with van der Waals surface area (Å²) in [6, 6.07) is 7.56. The molecular formula is C20H26N6O4S2. The van der Waals surface area contributed by atoms with Gasteiger partial charge >= 0.3 is 6.09 Å². The molecule has 12 heteroatoms. The number of carbonyl (C=O) groups excluding carboxylic acids is 1. The number of methoxy groups -OCH3 is 1. The number of nitrogens with one attached hydrogen (secondary N) is 2. The van der Waals surface area contributed by atoms with Crippen LogP contribution in [-0.4, -0.2) is 39.1 Å². The molecular weight excluding hydrogens is 452 g/mol. The number of anilines is 2. The molecule has 172 valence electrons. The first-order valence-corrected chi connectivity index (χ1v) is 11.6. The van der Waals surface area contributed by atoms with Crippen LogP contribution in [-0.2, 0) is 16.0 Å². The van der Waals surface area contributed by atoms with Gasteiger partial charge in [-0.3, -0.25) is 0 Å². The fraction of sp³-hybridized carbons (Fsp3) is 0.450. The minimum atomic E-state index is -0.856. The van der Waals surface area contributed by atoms with E-state index in [0.29, 0.717) is 22.6 Å². The van der Waals surface area contributed by atoms with E-state index in [-0.39, 0.29) is 0 Å². The molecule has 2 aromatic heterocycles. The van der Waals surface area contributed by atoms with Gasteiger partial charge in [0.1, 0.15) is 16.9 Å². The Morgan fingerprint density at radius 1 is 1.22 bits per heavy atom. The summed E-state index contributed by atoms with van der Waals surface area (Å²) in [5.41, 5.74) is -0.592. The van der Waals surface area contributed by atoms with Crippen molar-refractivity contribution in [3.63, 3.8) is 0 Å². The van der Waals surface area contributed by atoms with Crippen LogP contribution >= 0.6 is 23.1 Å². The molecule has 0 saturated heterocycles. The molecule has 0 aliphatic rings. The lowest BCUT2D eigenvalue weighted by atomic mass is 10.1. The third-order valence-electron chi connectivity index (χ3n) is 3.89. The Balaban J connectivity index is 1.55. The summed E-state index contributed by atoms with van der Waals surface area (Å²) in [5.74, 6) is 1.95. The van der Waals surface area contributed by atoms with Gasteiger partial charge in [-0.15, -0.1) is 10.2 Å². The Morgan fingerprint density at radius 3 is 2.72 bits per heavy atom. The smallest absolute Gasteiger partial charge is 0.408 e. The quantitative estimate of drug-likeness (QED) is 0.439. The molecule has 2 heterocycles. The average Bonchev–Trinajstić information content (AvgIpc) is 3.34. The molecule has 0 saturated carbocycles. The van der Waals surface area contributed by atoms with Gasteiger partial charge < -0.3 is 24.6 Å². The van der Waals surface area contributed by atoms with E-state index >= 15 is 0 Å². The largest absolute Gasteiger partial charge is 0.497 e. The molecule has 1 amide bonds. The number of thioether (sulfide) groups is 1. The third-order valence-corrected chi connectivity index (χ3v) is 5.84. The van der Waals surface area contributed by atoms with Gasteiger partial charge in [-0.25, -0.2) is 4.79 Å². The van der Waals surface area contributed by atoms with Crippen LogP contribution in [0.2, 0.25) is 0 Å². The number of ether oxygens (including phenoxy) is 2. The Labute approximate surface area is 194 Å². The highest BCUT2D eigenvalue weighted by Gasteiger charge is 2.31. The van der Waals surface area contributed by atoms with Gasteiger partial charge in [0.05, 0.1) is 12.9 Å². The lowest BCUT2D eigenvalue weighted by Gasteiger charge is -2.26. The maximum Gasteiger partial charge on any atom is 0.408 e. The Morgan fingerprint density at radius 2 is 2.00 bits per heavy atom. The van der Waals surface area contributed by atoms with Crippen LogP contribution in [0, 0.1) is 0 Å². The van der Waals surface area contributed by atoms with Gasteiger partial charge in [0.25, 0.3) is 0 Å². The van der Waals surface area contributed by atoms with E-state index in [4.69, 9.17) is 14.0 Å². The van der Waals surface area contributed by atoms with Crippen LogP contribution in [0.25, 0.3) is 0 Å². The molecule has 0 aliphatic heterocycles. The second kappa shape index (κ2) is 9.74. The van der Waals surface area contributed by atoms with Gasteiger partial charge in [0, 0.05) is 11.8 Å². The minimum Gasteiger partial charge on any atom is -0.497 e. The van der Waals surface area contributed by atoms with Crippen LogP contribution in [0.4, 0.5) is 15.6 Å². The highest BCUT2D eigenvalue weighted by Crippen LogP contribution is 2.30. The molecule has 0 unspecified atom stereocenters. The monoisotopic (exact) mass is 478 g/mol. The normalized spacial score (nSPS) is 11.8. The zero-order valence-corrected chi connectivity index (χ0v) is 20.4. The van der Waals surface area contributed by atoms with Crippen molar-refractivity contribution >= 4 is 40.0 Å². The zero-order chi connectivity index (χ0) is 23.4. The summed E-state index contributed by atoms with van der Waals surface area (Å²) in [6.07, 6.45) is -0.548. The van der Waals surface area contributed by atoms with E-state index in [1.807, 2.05) is 24.3 Å². The van der Waals surface area contributed by atoms with Crippen molar-refractivity contribution < 1.29 is 18.8 Å². The number of carbonyl (C=O) groups is 1. The number of hydrogen-bond acceptors (Lipinski definition) is 11. The standard InChI is InChI=1S/C20H26N6O4S2/c1-19(2,3)29-17(27)23-20(4,5)15-22-14(30-26-15)11-31-18-25-24-16(32-18)21-12-8-7-9-13(10-12)28-6/h7-10H,11H2,1-6H3,(H,21,24)(H,23,27). The minimum absolute atomic E-state index is 0.358. The van der Waals surface area contributed by atoms with Crippen molar-refractivity contribution in [1.29, 1.82) is 0 Å². The first-order valence-electron chi connectivity index (χ1n) is 9.76. The fourth-order valence-corrected chi connectivity index (χ4v) is 4.06. The van der Waals surface area contributed by atoms with Gasteiger partial charge in [-0.05, 0) is 46.8 Å². The van der Waals surface area contributed by atoms with Crippen molar-refractivity contribution in [3.05, 3.63) is 36.0 Å².